The first kappa shape index (κ1) is 22.5. The van der Waals surface area contributed by atoms with Crippen LogP contribution in [0.3, 0.4) is 0 Å². The number of aliphatic hydroxyl groups is 1. The first-order chi connectivity index (χ1) is 14.5. The van der Waals surface area contributed by atoms with E-state index >= 15 is 0 Å². The SMILES string of the molecule is O=C(C[C@H]1CC[C@H](NC(=O)Nc2ccc(F)cc2)[C@H](CO)O1)NCCN1CCCC1. The molecule has 1 aromatic rings. The van der Waals surface area contributed by atoms with E-state index in [4.69, 9.17) is 4.74 Å². The van der Waals surface area contributed by atoms with Crippen molar-refractivity contribution in [3.8, 4) is 0 Å². The second kappa shape index (κ2) is 11.2. The summed E-state index contributed by atoms with van der Waals surface area (Å²) in [5.74, 6) is -0.440. The van der Waals surface area contributed by atoms with Gasteiger partial charge in [0.25, 0.3) is 0 Å². The largest absolute Gasteiger partial charge is 0.394 e. The standard InChI is InChI=1S/C21H31FN4O4/c22-15-3-5-16(6-4-15)24-21(29)25-18-8-7-17(30-19(18)14-27)13-20(28)23-9-12-26-10-1-2-11-26/h3-6,17-19,27H,1-2,7-14H2,(H,23,28)(H2,24,25,29)/t17-,18+,19+/m1/s1. The minimum atomic E-state index is -0.583. The van der Waals surface area contributed by atoms with Crippen molar-refractivity contribution in [3.05, 3.63) is 30.1 Å². The number of urea groups is 1. The van der Waals surface area contributed by atoms with Gasteiger partial charge in [0.15, 0.2) is 0 Å². The number of likely N-dealkylation sites (tertiary alicyclic amines) is 1. The van der Waals surface area contributed by atoms with E-state index in [1.807, 2.05) is 0 Å². The Bertz CT molecular complexity index is 697. The van der Waals surface area contributed by atoms with Crippen LogP contribution in [-0.4, -0.2) is 73.0 Å². The second-order valence-electron chi connectivity index (χ2n) is 7.87. The predicted octanol–water partition coefficient (Wildman–Crippen LogP) is 1.46. The second-order valence-corrected chi connectivity index (χ2v) is 7.87. The summed E-state index contributed by atoms with van der Waals surface area (Å²) in [5.41, 5.74) is 0.467. The molecule has 1 aromatic carbocycles. The first-order valence-electron chi connectivity index (χ1n) is 10.6. The van der Waals surface area contributed by atoms with Crippen LogP contribution >= 0.6 is 0 Å². The van der Waals surface area contributed by atoms with Crippen LogP contribution in [0, 0.1) is 5.82 Å². The molecule has 2 fully saturated rings. The zero-order valence-corrected chi connectivity index (χ0v) is 17.1. The Morgan fingerprint density at radius 3 is 2.60 bits per heavy atom. The zero-order chi connectivity index (χ0) is 21.3. The van der Waals surface area contributed by atoms with Crippen LogP contribution in [-0.2, 0) is 9.53 Å². The smallest absolute Gasteiger partial charge is 0.319 e. The fraction of sp³-hybridized carbons (Fsp3) is 0.619. The minimum absolute atomic E-state index is 0.0589. The molecule has 3 rings (SSSR count). The highest BCUT2D eigenvalue weighted by atomic mass is 19.1. The van der Waals surface area contributed by atoms with Crippen molar-refractivity contribution in [2.24, 2.45) is 0 Å². The molecule has 9 heteroatoms. The summed E-state index contributed by atoms with van der Waals surface area (Å²) < 4.78 is 18.8. The van der Waals surface area contributed by atoms with Gasteiger partial charge < -0.3 is 30.7 Å². The highest BCUT2D eigenvalue weighted by molar-refractivity contribution is 5.89. The van der Waals surface area contributed by atoms with E-state index in [1.165, 1.54) is 37.1 Å². The summed E-state index contributed by atoms with van der Waals surface area (Å²) in [5, 5.41) is 18.0. The number of nitrogens with zero attached hydrogens (tertiary/aromatic N) is 1. The van der Waals surface area contributed by atoms with Gasteiger partial charge in [-0.2, -0.15) is 0 Å². The van der Waals surface area contributed by atoms with Gasteiger partial charge in [0.1, 0.15) is 11.9 Å². The normalized spacial score (nSPS) is 24.4. The third-order valence-corrected chi connectivity index (χ3v) is 5.58. The highest BCUT2D eigenvalue weighted by Gasteiger charge is 2.32. The molecule has 3 atom stereocenters. The van der Waals surface area contributed by atoms with Gasteiger partial charge in [0.2, 0.25) is 5.91 Å². The van der Waals surface area contributed by atoms with Gasteiger partial charge in [0.05, 0.1) is 25.2 Å². The summed E-state index contributed by atoms with van der Waals surface area (Å²) in [6.45, 7) is 3.44. The topological polar surface area (TPSA) is 103 Å². The molecule has 3 amide bonds. The number of halogens is 1. The summed E-state index contributed by atoms with van der Waals surface area (Å²) in [7, 11) is 0. The molecule has 30 heavy (non-hydrogen) atoms. The Labute approximate surface area is 176 Å². The van der Waals surface area contributed by atoms with Crippen LogP contribution in [0.5, 0.6) is 0 Å². The molecule has 0 aliphatic carbocycles. The maximum Gasteiger partial charge on any atom is 0.319 e. The van der Waals surface area contributed by atoms with Gasteiger partial charge >= 0.3 is 6.03 Å². The molecule has 8 nitrogen and oxygen atoms in total. The number of benzene rings is 1. The van der Waals surface area contributed by atoms with E-state index in [9.17, 15) is 19.1 Å². The Morgan fingerprint density at radius 2 is 1.90 bits per heavy atom. The van der Waals surface area contributed by atoms with E-state index < -0.39 is 12.1 Å². The van der Waals surface area contributed by atoms with Crippen LogP contribution in [0.1, 0.15) is 32.1 Å². The molecule has 166 valence electrons. The number of carbonyl (C=O) groups excluding carboxylic acids is 2. The Morgan fingerprint density at radius 1 is 1.17 bits per heavy atom. The van der Waals surface area contributed by atoms with Gasteiger partial charge in [-0.05, 0) is 63.0 Å². The Hall–Kier alpha value is -2.23. The van der Waals surface area contributed by atoms with E-state index in [1.54, 1.807) is 0 Å². The van der Waals surface area contributed by atoms with Gasteiger partial charge in [-0.3, -0.25) is 4.79 Å². The van der Waals surface area contributed by atoms with Crippen molar-refractivity contribution in [2.45, 2.75) is 50.4 Å². The summed E-state index contributed by atoms with van der Waals surface area (Å²) in [6.07, 6.45) is 3.02. The van der Waals surface area contributed by atoms with Gasteiger partial charge in [0, 0.05) is 18.8 Å². The van der Waals surface area contributed by atoms with Crippen LogP contribution in [0.2, 0.25) is 0 Å². The number of rotatable bonds is 8. The number of carbonyl (C=O) groups is 2. The van der Waals surface area contributed by atoms with Crippen LogP contribution in [0.4, 0.5) is 14.9 Å². The van der Waals surface area contributed by atoms with Gasteiger partial charge in [-0.15, -0.1) is 0 Å². The molecular weight excluding hydrogens is 391 g/mol. The van der Waals surface area contributed by atoms with Crippen LogP contribution in [0.15, 0.2) is 24.3 Å². The molecule has 0 saturated carbocycles. The van der Waals surface area contributed by atoms with E-state index in [2.05, 4.69) is 20.9 Å². The predicted molar refractivity (Wildman–Crippen MR) is 111 cm³/mol. The highest BCUT2D eigenvalue weighted by Crippen LogP contribution is 2.22. The number of anilines is 1. The summed E-state index contributed by atoms with van der Waals surface area (Å²) in [4.78, 5) is 26.7. The van der Waals surface area contributed by atoms with Gasteiger partial charge in [-0.25, -0.2) is 9.18 Å². The molecule has 0 unspecified atom stereocenters. The van der Waals surface area contributed by atoms with E-state index in [0.29, 0.717) is 25.1 Å². The Kier molecular flexibility index (Phi) is 8.41. The number of ether oxygens (including phenoxy) is 1. The van der Waals surface area contributed by atoms with Crippen LogP contribution in [0.25, 0.3) is 0 Å². The van der Waals surface area contributed by atoms with Gasteiger partial charge in [-0.1, -0.05) is 0 Å². The number of hydrogen-bond acceptors (Lipinski definition) is 5. The number of aliphatic hydroxyl groups excluding tert-OH is 1. The summed E-state index contributed by atoms with van der Waals surface area (Å²) in [6, 6.07) is 4.63. The Balaban J connectivity index is 1.38. The maximum absolute atomic E-state index is 13.0. The molecule has 0 spiro atoms. The van der Waals surface area contributed by atoms with E-state index in [0.717, 1.165) is 19.6 Å². The lowest BCUT2D eigenvalue weighted by Crippen LogP contribution is -2.52. The maximum atomic E-state index is 13.0. The number of nitrogens with one attached hydrogen (secondary N) is 3. The van der Waals surface area contributed by atoms with Crippen molar-refractivity contribution in [3.63, 3.8) is 0 Å². The molecule has 2 saturated heterocycles. The third kappa shape index (κ3) is 6.93. The molecule has 2 heterocycles. The lowest BCUT2D eigenvalue weighted by Gasteiger charge is -2.36. The fourth-order valence-corrected chi connectivity index (χ4v) is 3.95. The fourth-order valence-electron chi connectivity index (χ4n) is 3.95. The number of amides is 3. The average molecular weight is 423 g/mol. The molecule has 2 aliphatic rings. The summed E-state index contributed by atoms with van der Waals surface area (Å²) >= 11 is 0. The average Bonchev–Trinajstić information content (AvgIpc) is 3.24. The van der Waals surface area contributed by atoms with Crippen molar-refractivity contribution in [2.75, 3.05) is 38.1 Å². The molecule has 4 N–H and O–H groups in total. The third-order valence-electron chi connectivity index (χ3n) is 5.58. The molecular formula is C21H31FN4O4. The lowest BCUT2D eigenvalue weighted by atomic mass is 9.97. The molecule has 0 radical (unpaired) electrons. The van der Waals surface area contributed by atoms with Crippen molar-refractivity contribution in [1.82, 2.24) is 15.5 Å². The lowest BCUT2D eigenvalue weighted by molar-refractivity contribution is -0.130. The molecule has 0 aromatic heterocycles. The van der Waals surface area contributed by atoms with Crippen molar-refractivity contribution >= 4 is 17.6 Å². The molecule has 2 aliphatic heterocycles. The van der Waals surface area contributed by atoms with Crippen LogP contribution < -0.4 is 16.0 Å². The van der Waals surface area contributed by atoms with E-state index in [-0.39, 0.29) is 36.9 Å². The zero-order valence-electron chi connectivity index (χ0n) is 17.1. The number of hydrogen-bond donors (Lipinski definition) is 4. The van der Waals surface area contributed by atoms with Crippen molar-refractivity contribution < 1.29 is 23.8 Å². The quantitative estimate of drug-likeness (QED) is 0.508. The minimum Gasteiger partial charge on any atom is -0.394 e. The van der Waals surface area contributed by atoms with Crippen molar-refractivity contribution in [1.29, 1.82) is 0 Å². The first-order valence-corrected chi connectivity index (χ1v) is 10.6. The molecule has 0 bridgehead atoms. The monoisotopic (exact) mass is 422 g/mol.